The van der Waals surface area contributed by atoms with Crippen molar-refractivity contribution in [3.05, 3.63) is 0 Å². The minimum absolute atomic E-state index is 0.0616. The maximum atomic E-state index is 12.2. The topological polar surface area (TPSA) is 61.9 Å². The van der Waals surface area contributed by atoms with Crippen LogP contribution >= 0.6 is 0 Å². The van der Waals surface area contributed by atoms with E-state index in [1.54, 1.807) is 4.90 Å². The van der Waals surface area contributed by atoms with E-state index in [1.165, 1.54) is 12.8 Å². The fourth-order valence-electron chi connectivity index (χ4n) is 2.96. The number of likely N-dealkylation sites (tertiary alicyclic amines) is 2. The number of rotatable bonds is 2. The van der Waals surface area contributed by atoms with E-state index >= 15 is 0 Å². The lowest BCUT2D eigenvalue weighted by atomic mass is 10.1. The zero-order chi connectivity index (χ0) is 15.1. The van der Waals surface area contributed by atoms with E-state index in [-0.39, 0.29) is 18.2 Å². The van der Waals surface area contributed by atoms with Crippen LogP contribution in [0.5, 0.6) is 0 Å². The highest BCUT2D eigenvalue weighted by Gasteiger charge is 2.26. The van der Waals surface area contributed by atoms with Crippen molar-refractivity contribution in [3.63, 3.8) is 0 Å². The van der Waals surface area contributed by atoms with Gasteiger partial charge < -0.3 is 19.9 Å². The van der Waals surface area contributed by atoms with E-state index in [1.807, 2.05) is 11.8 Å². The molecule has 2 aliphatic heterocycles. The second kappa shape index (κ2) is 8.10. The zero-order valence-corrected chi connectivity index (χ0v) is 13.0. The molecule has 0 unspecified atom stereocenters. The fraction of sp³-hybridized carbons (Fsp3) is 0.867. The van der Waals surface area contributed by atoms with Gasteiger partial charge in [-0.1, -0.05) is 12.8 Å². The molecule has 2 rings (SSSR count). The number of ether oxygens (including phenoxy) is 1. The lowest BCUT2D eigenvalue weighted by molar-refractivity contribution is 0.0951. The maximum Gasteiger partial charge on any atom is 0.409 e. The van der Waals surface area contributed by atoms with Gasteiger partial charge in [-0.25, -0.2) is 9.59 Å². The first-order valence-corrected chi connectivity index (χ1v) is 8.18. The number of amides is 3. The standard InChI is InChI=1S/C15H27N3O3/c1-2-21-15(20)18-11-7-13(8-12-18)16-14(19)17-9-5-3-4-6-10-17/h13H,2-12H2,1H3,(H,16,19). The molecule has 0 saturated carbocycles. The normalized spacial score (nSPS) is 20.8. The molecule has 21 heavy (non-hydrogen) atoms. The molecule has 6 nitrogen and oxygen atoms in total. The molecule has 2 aliphatic rings. The first-order valence-electron chi connectivity index (χ1n) is 8.18. The van der Waals surface area contributed by atoms with Gasteiger partial charge in [0.25, 0.3) is 0 Å². The molecule has 0 aromatic rings. The van der Waals surface area contributed by atoms with Crippen molar-refractivity contribution in [3.8, 4) is 0 Å². The van der Waals surface area contributed by atoms with Crippen LogP contribution < -0.4 is 5.32 Å². The van der Waals surface area contributed by atoms with Gasteiger partial charge in [0, 0.05) is 32.2 Å². The molecular weight excluding hydrogens is 270 g/mol. The second-order valence-corrected chi connectivity index (χ2v) is 5.81. The van der Waals surface area contributed by atoms with Crippen molar-refractivity contribution in [2.24, 2.45) is 0 Å². The highest BCUT2D eigenvalue weighted by molar-refractivity contribution is 5.74. The number of carbonyl (C=O) groups excluding carboxylic acids is 2. The van der Waals surface area contributed by atoms with E-state index in [4.69, 9.17) is 4.74 Å². The SMILES string of the molecule is CCOC(=O)N1CCC(NC(=O)N2CCCCCC2)CC1. The molecule has 0 radical (unpaired) electrons. The molecule has 0 spiro atoms. The lowest BCUT2D eigenvalue weighted by Gasteiger charge is -2.33. The first kappa shape index (κ1) is 15.9. The Morgan fingerprint density at radius 1 is 1.00 bits per heavy atom. The van der Waals surface area contributed by atoms with E-state index in [9.17, 15) is 9.59 Å². The predicted octanol–water partition coefficient (Wildman–Crippen LogP) is 2.19. The van der Waals surface area contributed by atoms with E-state index in [0.717, 1.165) is 38.8 Å². The van der Waals surface area contributed by atoms with Crippen LogP contribution in [0.2, 0.25) is 0 Å². The lowest BCUT2D eigenvalue weighted by Crippen LogP contribution is -2.50. The van der Waals surface area contributed by atoms with Crippen molar-refractivity contribution in [2.75, 3.05) is 32.8 Å². The molecule has 1 N–H and O–H groups in total. The molecule has 0 aromatic heterocycles. The molecule has 3 amide bonds. The van der Waals surface area contributed by atoms with Crippen molar-refractivity contribution in [1.29, 1.82) is 0 Å². The third-order valence-corrected chi connectivity index (χ3v) is 4.24. The zero-order valence-electron chi connectivity index (χ0n) is 13.0. The van der Waals surface area contributed by atoms with Crippen LogP contribution in [0.15, 0.2) is 0 Å². The van der Waals surface area contributed by atoms with Crippen molar-refractivity contribution >= 4 is 12.1 Å². The minimum atomic E-state index is -0.241. The molecule has 2 saturated heterocycles. The quantitative estimate of drug-likeness (QED) is 0.850. The summed E-state index contributed by atoms with van der Waals surface area (Å²) in [5.74, 6) is 0. The summed E-state index contributed by atoms with van der Waals surface area (Å²) in [6, 6.07) is 0.234. The molecule has 6 heteroatoms. The summed E-state index contributed by atoms with van der Waals surface area (Å²) >= 11 is 0. The van der Waals surface area contributed by atoms with E-state index < -0.39 is 0 Å². The van der Waals surface area contributed by atoms with Crippen LogP contribution in [-0.2, 0) is 4.74 Å². The van der Waals surface area contributed by atoms with Crippen LogP contribution in [0.1, 0.15) is 45.4 Å². The summed E-state index contributed by atoms with van der Waals surface area (Å²) in [7, 11) is 0. The number of piperidine rings is 1. The van der Waals surface area contributed by atoms with Gasteiger partial charge in [-0.2, -0.15) is 0 Å². The van der Waals surface area contributed by atoms with Crippen molar-refractivity contribution in [2.45, 2.75) is 51.5 Å². The third-order valence-electron chi connectivity index (χ3n) is 4.24. The number of hydrogen-bond acceptors (Lipinski definition) is 3. The van der Waals surface area contributed by atoms with Crippen LogP contribution in [0.4, 0.5) is 9.59 Å². The third kappa shape index (κ3) is 4.79. The van der Waals surface area contributed by atoms with Gasteiger partial charge in [-0.15, -0.1) is 0 Å². The molecular formula is C15H27N3O3. The number of urea groups is 1. The Balaban J connectivity index is 1.72. The van der Waals surface area contributed by atoms with Crippen LogP contribution in [0.3, 0.4) is 0 Å². The van der Waals surface area contributed by atoms with Gasteiger partial charge in [-0.05, 0) is 32.6 Å². The van der Waals surface area contributed by atoms with Crippen molar-refractivity contribution < 1.29 is 14.3 Å². The highest BCUT2D eigenvalue weighted by Crippen LogP contribution is 2.14. The maximum absolute atomic E-state index is 12.2. The first-order chi connectivity index (χ1) is 10.2. The summed E-state index contributed by atoms with van der Waals surface area (Å²) in [5.41, 5.74) is 0. The number of nitrogens with zero attached hydrogens (tertiary/aromatic N) is 2. The monoisotopic (exact) mass is 297 g/mol. The number of hydrogen-bond donors (Lipinski definition) is 1. The molecule has 120 valence electrons. The van der Waals surface area contributed by atoms with Gasteiger partial charge >= 0.3 is 12.1 Å². The smallest absolute Gasteiger partial charge is 0.409 e. The number of nitrogens with one attached hydrogen (secondary N) is 1. The Hall–Kier alpha value is -1.46. The van der Waals surface area contributed by atoms with Gasteiger partial charge in [0.05, 0.1) is 6.61 Å². The van der Waals surface area contributed by atoms with Gasteiger partial charge in [0.1, 0.15) is 0 Å². The molecule has 0 bridgehead atoms. The molecule has 2 heterocycles. The van der Waals surface area contributed by atoms with E-state index in [2.05, 4.69) is 5.32 Å². The largest absolute Gasteiger partial charge is 0.450 e. The van der Waals surface area contributed by atoms with Gasteiger partial charge in [-0.3, -0.25) is 0 Å². The Morgan fingerprint density at radius 3 is 2.19 bits per heavy atom. The second-order valence-electron chi connectivity index (χ2n) is 5.81. The molecule has 2 fully saturated rings. The van der Waals surface area contributed by atoms with Crippen molar-refractivity contribution in [1.82, 2.24) is 15.1 Å². The molecule has 0 aliphatic carbocycles. The Bertz CT molecular complexity index is 346. The molecule has 0 atom stereocenters. The minimum Gasteiger partial charge on any atom is -0.450 e. The summed E-state index contributed by atoms with van der Waals surface area (Å²) < 4.78 is 5.00. The van der Waals surface area contributed by atoms with Crippen LogP contribution in [-0.4, -0.2) is 60.8 Å². The Morgan fingerprint density at radius 2 is 1.62 bits per heavy atom. The summed E-state index contributed by atoms with van der Waals surface area (Å²) in [4.78, 5) is 27.5. The fourth-order valence-corrected chi connectivity index (χ4v) is 2.96. The Labute approximate surface area is 126 Å². The van der Waals surface area contributed by atoms with Gasteiger partial charge in [0.15, 0.2) is 0 Å². The van der Waals surface area contributed by atoms with Gasteiger partial charge in [0.2, 0.25) is 0 Å². The highest BCUT2D eigenvalue weighted by atomic mass is 16.6. The van der Waals surface area contributed by atoms with Crippen LogP contribution in [0, 0.1) is 0 Å². The summed E-state index contributed by atoms with van der Waals surface area (Å²) in [6.07, 6.45) is 6.03. The summed E-state index contributed by atoms with van der Waals surface area (Å²) in [6.45, 7) is 5.27. The van der Waals surface area contributed by atoms with E-state index in [0.29, 0.717) is 19.7 Å². The Kier molecular flexibility index (Phi) is 6.14. The van der Waals surface area contributed by atoms with Crippen LogP contribution in [0.25, 0.3) is 0 Å². The summed E-state index contributed by atoms with van der Waals surface area (Å²) in [5, 5.41) is 3.12. The average molecular weight is 297 g/mol. The predicted molar refractivity (Wildman–Crippen MR) is 80.2 cm³/mol. The molecule has 0 aromatic carbocycles. The number of carbonyl (C=O) groups is 2. The average Bonchev–Trinajstić information content (AvgIpc) is 2.77.